The van der Waals surface area contributed by atoms with Gasteiger partial charge < -0.3 is 4.74 Å². The second-order valence-corrected chi connectivity index (χ2v) is 6.11. The van der Waals surface area contributed by atoms with Crippen molar-refractivity contribution in [1.82, 2.24) is 0 Å². The van der Waals surface area contributed by atoms with Gasteiger partial charge in [-0.1, -0.05) is 49.5 Å². The molecule has 16 heavy (non-hydrogen) atoms. The van der Waals surface area contributed by atoms with Crippen molar-refractivity contribution < 1.29 is 4.74 Å². The molecule has 1 aliphatic rings. The fourth-order valence-electron chi connectivity index (χ4n) is 2.51. The molecule has 0 saturated heterocycles. The zero-order valence-electron chi connectivity index (χ0n) is 11.1. The van der Waals surface area contributed by atoms with Crippen molar-refractivity contribution in [2.45, 2.75) is 65.4 Å². The summed E-state index contributed by atoms with van der Waals surface area (Å²) < 4.78 is 6.16. The van der Waals surface area contributed by atoms with Gasteiger partial charge in [-0.2, -0.15) is 0 Å². The van der Waals surface area contributed by atoms with Crippen LogP contribution in [0.1, 0.15) is 59.3 Å². The van der Waals surface area contributed by atoms with Crippen molar-refractivity contribution in [1.29, 1.82) is 0 Å². The maximum absolute atomic E-state index is 6.16. The van der Waals surface area contributed by atoms with Crippen molar-refractivity contribution in [3.8, 4) is 0 Å². The van der Waals surface area contributed by atoms with Crippen LogP contribution in [0.2, 0.25) is 0 Å². The predicted molar refractivity (Wildman–Crippen MR) is 74.2 cm³/mol. The van der Waals surface area contributed by atoms with Crippen LogP contribution in [0.3, 0.4) is 0 Å². The Morgan fingerprint density at radius 2 is 1.94 bits per heavy atom. The van der Waals surface area contributed by atoms with E-state index in [0.29, 0.717) is 11.5 Å². The zero-order valence-corrected chi connectivity index (χ0v) is 12.7. The summed E-state index contributed by atoms with van der Waals surface area (Å²) in [5.74, 6) is 0.861. The predicted octanol–water partition coefficient (Wildman–Crippen LogP) is 4.78. The highest BCUT2D eigenvalue weighted by Gasteiger charge is 2.28. The van der Waals surface area contributed by atoms with E-state index in [-0.39, 0.29) is 0 Å². The standard InChI is InChI=1S/C14H27BrO/c1-4-14(5-2,10-15)11-16-13-8-6-7-12(3)9-13/h12-13H,4-11H2,1-3H3. The summed E-state index contributed by atoms with van der Waals surface area (Å²) in [6, 6.07) is 0. The van der Waals surface area contributed by atoms with Gasteiger partial charge in [0, 0.05) is 10.7 Å². The topological polar surface area (TPSA) is 9.23 Å². The van der Waals surface area contributed by atoms with Gasteiger partial charge in [-0.05, 0) is 31.6 Å². The van der Waals surface area contributed by atoms with Gasteiger partial charge in [0.25, 0.3) is 0 Å². The molecule has 2 atom stereocenters. The molecule has 0 spiro atoms. The van der Waals surface area contributed by atoms with Gasteiger partial charge in [0.2, 0.25) is 0 Å². The van der Waals surface area contributed by atoms with Crippen LogP contribution in [0.4, 0.5) is 0 Å². The number of halogens is 1. The van der Waals surface area contributed by atoms with E-state index in [1.807, 2.05) is 0 Å². The van der Waals surface area contributed by atoms with Gasteiger partial charge in [0.15, 0.2) is 0 Å². The van der Waals surface area contributed by atoms with Crippen LogP contribution in [-0.2, 0) is 4.74 Å². The van der Waals surface area contributed by atoms with Gasteiger partial charge in [-0.15, -0.1) is 0 Å². The number of rotatable bonds is 6. The molecule has 0 bridgehead atoms. The molecule has 1 rings (SSSR count). The maximum Gasteiger partial charge on any atom is 0.0578 e. The molecule has 0 amide bonds. The second kappa shape index (κ2) is 7.00. The van der Waals surface area contributed by atoms with Crippen molar-refractivity contribution in [3.05, 3.63) is 0 Å². The summed E-state index contributed by atoms with van der Waals surface area (Å²) in [5.41, 5.74) is 0.362. The van der Waals surface area contributed by atoms with E-state index in [2.05, 4.69) is 36.7 Å². The van der Waals surface area contributed by atoms with Crippen LogP contribution in [0.5, 0.6) is 0 Å². The molecule has 2 unspecified atom stereocenters. The van der Waals surface area contributed by atoms with Gasteiger partial charge in [-0.3, -0.25) is 0 Å². The molecule has 1 nitrogen and oxygen atoms in total. The molecule has 1 aliphatic carbocycles. The van der Waals surface area contributed by atoms with Gasteiger partial charge in [-0.25, -0.2) is 0 Å². The highest BCUT2D eigenvalue weighted by atomic mass is 79.9. The Morgan fingerprint density at radius 1 is 1.25 bits per heavy atom. The van der Waals surface area contributed by atoms with E-state index >= 15 is 0 Å². The molecule has 0 aromatic rings. The largest absolute Gasteiger partial charge is 0.378 e. The lowest BCUT2D eigenvalue weighted by Gasteiger charge is -2.34. The molecule has 1 fully saturated rings. The van der Waals surface area contributed by atoms with E-state index in [1.165, 1.54) is 38.5 Å². The van der Waals surface area contributed by atoms with Gasteiger partial charge in [0.1, 0.15) is 0 Å². The molecule has 0 N–H and O–H groups in total. The van der Waals surface area contributed by atoms with Gasteiger partial charge in [0.05, 0.1) is 12.7 Å². The highest BCUT2D eigenvalue weighted by Crippen LogP contribution is 2.32. The SMILES string of the molecule is CCC(CC)(CBr)COC1CCCC(C)C1. The van der Waals surface area contributed by atoms with Crippen molar-refractivity contribution in [3.63, 3.8) is 0 Å². The second-order valence-electron chi connectivity index (χ2n) is 5.55. The van der Waals surface area contributed by atoms with Crippen molar-refractivity contribution >= 4 is 15.9 Å². The maximum atomic E-state index is 6.16. The summed E-state index contributed by atoms with van der Waals surface area (Å²) in [4.78, 5) is 0. The first-order valence-corrected chi connectivity index (χ1v) is 7.95. The van der Waals surface area contributed by atoms with E-state index < -0.39 is 0 Å². The third kappa shape index (κ3) is 4.03. The summed E-state index contributed by atoms with van der Waals surface area (Å²) in [5, 5.41) is 1.06. The summed E-state index contributed by atoms with van der Waals surface area (Å²) in [7, 11) is 0. The van der Waals surface area contributed by atoms with E-state index in [1.54, 1.807) is 0 Å². The Kier molecular flexibility index (Phi) is 6.35. The monoisotopic (exact) mass is 290 g/mol. The first-order valence-electron chi connectivity index (χ1n) is 6.83. The molecular weight excluding hydrogens is 264 g/mol. The van der Waals surface area contributed by atoms with Crippen LogP contribution in [-0.4, -0.2) is 18.0 Å². The van der Waals surface area contributed by atoms with Crippen LogP contribution >= 0.6 is 15.9 Å². The fourth-order valence-corrected chi connectivity index (χ4v) is 3.46. The molecule has 1 saturated carbocycles. The Bertz CT molecular complexity index is 181. The molecular formula is C14H27BrO. The third-order valence-electron chi connectivity index (χ3n) is 4.30. The minimum absolute atomic E-state index is 0.362. The molecule has 96 valence electrons. The van der Waals surface area contributed by atoms with E-state index in [4.69, 9.17) is 4.74 Å². The smallest absolute Gasteiger partial charge is 0.0578 e. The minimum atomic E-state index is 0.362. The van der Waals surface area contributed by atoms with Crippen LogP contribution < -0.4 is 0 Å². The average Bonchev–Trinajstić information content (AvgIpc) is 2.32. The Labute approximate surface area is 109 Å². The van der Waals surface area contributed by atoms with Crippen molar-refractivity contribution in [2.75, 3.05) is 11.9 Å². The third-order valence-corrected chi connectivity index (χ3v) is 5.49. The number of alkyl halides is 1. The Morgan fingerprint density at radius 3 is 2.44 bits per heavy atom. The zero-order chi connectivity index (χ0) is 12.0. The molecule has 0 aromatic heterocycles. The summed E-state index contributed by atoms with van der Waals surface area (Å²) in [6.07, 6.45) is 8.23. The summed E-state index contributed by atoms with van der Waals surface area (Å²) in [6.45, 7) is 7.84. The van der Waals surface area contributed by atoms with E-state index in [0.717, 1.165) is 17.9 Å². The lowest BCUT2D eigenvalue weighted by atomic mass is 9.85. The van der Waals surface area contributed by atoms with Crippen LogP contribution in [0.25, 0.3) is 0 Å². The molecule has 0 aromatic carbocycles. The Hall–Kier alpha value is 0.440. The number of ether oxygens (including phenoxy) is 1. The van der Waals surface area contributed by atoms with Gasteiger partial charge >= 0.3 is 0 Å². The number of hydrogen-bond acceptors (Lipinski definition) is 1. The first kappa shape index (κ1) is 14.5. The number of hydrogen-bond donors (Lipinski definition) is 0. The average molecular weight is 291 g/mol. The summed E-state index contributed by atoms with van der Waals surface area (Å²) >= 11 is 3.65. The molecule has 0 aliphatic heterocycles. The Balaban J connectivity index is 2.36. The lowest BCUT2D eigenvalue weighted by molar-refractivity contribution is -0.0291. The molecule has 0 heterocycles. The molecule has 2 heteroatoms. The van der Waals surface area contributed by atoms with Crippen LogP contribution in [0.15, 0.2) is 0 Å². The normalized spacial score (nSPS) is 27.0. The first-order chi connectivity index (χ1) is 7.65. The lowest BCUT2D eigenvalue weighted by Crippen LogP contribution is -2.32. The van der Waals surface area contributed by atoms with Crippen LogP contribution in [0, 0.1) is 11.3 Å². The highest BCUT2D eigenvalue weighted by molar-refractivity contribution is 9.09. The minimum Gasteiger partial charge on any atom is -0.378 e. The van der Waals surface area contributed by atoms with E-state index in [9.17, 15) is 0 Å². The van der Waals surface area contributed by atoms with Crippen molar-refractivity contribution in [2.24, 2.45) is 11.3 Å². The quantitative estimate of drug-likeness (QED) is 0.640. The molecule has 0 radical (unpaired) electrons. The fraction of sp³-hybridized carbons (Fsp3) is 1.00.